The number of hydrogen-bond donors (Lipinski definition) is 2. The van der Waals surface area contributed by atoms with Gasteiger partial charge in [0.25, 0.3) is 5.91 Å². The van der Waals surface area contributed by atoms with Crippen LogP contribution in [-0.2, 0) is 21.2 Å². The molecule has 114 valence electrons. The highest BCUT2D eigenvalue weighted by molar-refractivity contribution is 7.89. The lowest BCUT2D eigenvalue weighted by molar-refractivity contribution is -0.127. The van der Waals surface area contributed by atoms with Crippen LogP contribution in [0.5, 0.6) is 5.75 Å². The number of benzene rings is 1. The second-order valence-corrected chi connectivity index (χ2v) is 7.18. The highest BCUT2D eigenvalue weighted by Gasteiger charge is 2.31. The van der Waals surface area contributed by atoms with Crippen molar-refractivity contribution in [2.75, 3.05) is 0 Å². The van der Waals surface area contributed by atoms with E-state index in [0.29, 0.717) is 17.7 Å². The summed E-state index contributed by atoms with van der Waals surface area (Å²) in [5, 5.41) is 8.10. The molecule has 0 spiro atoms. The number of nitrogens with one attached hydrogen (secondary N) is 1. The predicted molar refractivity (Wildman–Crippen MR) is 76.3 cm³/mol. The summed E-state index contributed by atoms with van der Waals surface area (Å²) in [5.74, 6) is 0.421. The van der Waals surface area contributed by atoms with Crippen LogP contribution in [0.2, 0.25) is 0 Å². The molecule has 0 saturated heterocycles. The molecule has 1 aliphatic carbocycles. The minimum Gasteiger partial charge on any atom is -0.480 e. The molecule has 1 atom stereocenters. The fraction of sp³-hybridized carbons (Fsp3) is 0.500. The van der Waals surface area contributed by atoms with Crippen molar-refractivity contribution in [3.63, 3.8) is 0 Å². The molecule has 6 nitrogen and oxygen atoms in total. The second kappa shape index (κ2) is 5.31. The Kier molecular flexibility index (Phi) is 3.62. The topological polar surface area (TPSA) is 98.5 Å². The van der Waals surface area contributed by atoms with Gasteiger partial charge in [-0.25, -0.2) is 13.6 Å². The maximum absolute atomic E-state index is 12.2. The van der Waals surface area contributed by atoms with Gasteiger partial charge in [0.2, 0.25) is 10.0 Å². The minimum atomic E-state index is -3.74. The molecule has 1 fully saturated rings. The van der Waals surface area contributed by atoms with Gasteiger partial charge in [0.1, 0.15) is 5.75 Å². The molecule has 0 aromatic heterocycles. The Labute approximate surface area is 123 Å². The SMILES string of the molecule is NS(=O)(=O)c1ccc2c(c1)CC(C(=O)NC1CCCC1)O2. The molecule has 1 aromatic rings. The molecule has 1 saturated carbocycles. The van der Waals surface area contributed by atoms with Gasteiger partial charge in [0.15, 0.2) is 6.10 Å². The number of nitrogens with two attached hydrogens (primary N) is 1. The Morgan fingerprint density at radius 1 is 1.29 bits per heavy atom. The van der Waals surface area contributed by atoms with Gasteiger partial charge in [0.05, 0.1) is 4.90 Å². The van der Waals surface area contributed by atoms with Gasteiger partial charge < -0.3 is 10.1 Å². The summed E-state index contributed by atoms with van der Waals surface area (Å²) in [6, 6.07) is 4.67. The van der Waals surface area contributed by atoms with Crippen LogP contribution >= 0.6 is 0 Å². The van der Waals surface area contributed by atoms with E-state index in [4.69, 9.17) is 9.88 Å². The fourth-order valence-electron chi connectivity index (χ4n) is 2.91. The molecule has 0 bridgehead atoms. The van der Waals surface area contributed by atoms with Crippen LogP contribution in [0, 0.1) is 0 Å². The van der Waals surface area contributed by atoms with Crippen LogP contribution in [0.25, 0.3) is 0 Å². The average Bonchev–Trinajstić information content (AvgIpc) is 3.04. The van der Waals surface area contributed by atoms with Gasteiger partial charge >= 0.3 is 0 Å². The van der Waals surface area contributed by atoms with Gasteiger partial charge in [0, 0.05) is 12.5 Å². The Morgan fingerprint density at radius 3 is 2.67 bits per heavy atom. The third kappa shape index (κ3) is 3.03. The third-order valence-corrected chi connectivity index (χ3v) is 4.94. The van der Waals surface area contributed by atoms with E-state index in [9.17, 15) is 13.2 Å². The molecule has 0 radical (unpaired) electrons. The molecule has 21 heavy (non-hydrogen) atoms. The van der Waals surface area contributed by atoms with Crippen LogP contribution in [0.15, 0.2) is 23.1 Å². The maximum atomic E-state index is 12.2. The van der Waals surface area contributed by atoms with E-state index < -0.39 is 16.1 Å². The first-order valence-electron chi connectivity index (χ1n) is 7.06. The molecule has 7 heteroatoms. The van der Waals surface area contributed by atoms with Crippen LogP contribution < -0.4 is 15.2 Å². The van der Waals surface area contributed by atoms with Crippen molar-refractivity contribution in [2.24, 2.45) is 5.14 Å². The van der Waals surface area contributed by atoms with Crippen molar-refractivity contribution in [1.29, 1.82) is 0 Å². The van der Waals surface area contributed by atoms with Crippen molar-refractivity contribution in [3.8, 4) is 5.75 Å². The first kappa shape index (κ1) is 14.3. The summed E-state index contributed by atoms with van der Waals surface area (Å²) in [6.45, 7) is 0. The number of primary sulfonamides is 1. The largest absolute Gasteiger partial charge is 0.480 e. The number of carbonyl (C=O) groups excluding carboxylic acids is 1. The Bertz CT molecular complexity index is 666. The molecular weight excluding hydrogens is 292 g/mol. The zero-order valence-corrected chi connectivity index (χ0v) is 12.4. The molecule has 3 N–H and O–H groups in total. The Balaban J connectivity index is 1.70. The Hall–Kier alpha value is -1.60. The maximum Gasteiger partial charge on any atom is 0.261 e. The van der Waals surface area contributed by atoms with Crippen molar-refractivity contribution in [2.45, 2.75) is 49.1 Å². The fourth-order valence-corrected chi connectivity index (χ4v) is 3.48. The lowest BCUT2D eigenvalue weighted by atomic mass is 10.1. The number of hydrogen-bond acceptors (Lipinski definition) is 4. The number of ether oxygens (including phenoxy) is 1. The summed E-state index contributed by atoms with van der Waals surface area (Å²) in [4.78, 5) is 12.2. The van der Waals surface area contributed by atoms with Crippen molar-refractivity contribution in [3.05, 3.63) is 23.8 Å². The zero-order valence-electron chi connectivity index (χ0n) is 11.5. The summed E-state index contributed by atoms with van der Waals surface area (Å²) in [7, 11) is -3.74. The number of sulfonamides is 1. The molecule has 1 heterocycles. The van der Waals surface area contributed by atoms with E-state index in [1.807, 2.05) is 0 Å². The van der Waals surface area contributed by atoms with Crippen LogP contribution in [0.1, 0.15) is 31.2 Å². The highest BCUT2D eigenvalue weighted by atomic mass is 32.2. The molecule has 1 unspecified atom stereocenters. The van der Waals surface area contributed by atoms with Crippen molar-refractivity contribution >= 4 is 15.9 Å². The van der Waals surface area contributed by atoms with Gasteiger partial charge in [-0.2, -0.15) is 0 Å². The molecule has 2 aliphatic rings. The van der Waals surface area contributed by atoms with E-state index in [1.165, 1.54) is 12.1 Å². The molecular formula is C14H18N2O4S. The number of rotatable bonds is 3. The van der Waals surface area contributed by atoms with E-state index >= 15 is 0 Å². The van der Waals surface area contributed by atoms with E-state index in [1.54, 1.807) is 6.07 Å². The highest BCUT2D eigenvalue weighted by Crippen LogP contribution is 2.31. The lowest BCUT2D eigenvalue weighted by Gasteiger charge is -2.15. The minimum absolute atomic E-state index is 0.0432. The summed E-state index contributed by atoms with van der Waals surface area (Å²) in [6.07, 6.45) is 4.11. The van der Waals surface area contributed by atoms with Crippen molar-refractivity contribution < 1.29 is 17.9 Å². The van der Waals surface area contributed by atoms with Gasteiger partial charge in [-0.3, -0.25) is 4.79 Å². The first-order chi connectivity index (χ1) is 9.93. The molecule has 3 rings (SSSR count). The summed E-state index contributed by atoms with van der Waals surface area (Å²) in [5.41, 5.74) is 0.702. The summed E-state index contributed by atoms with van der Waals surface area (Å²) < 4.78 is 28.3. The summed E-state index contributed by atoms with van der Waals surface area (Å²) >= 11 is 0. The van der Waals surface area contributed by atoms with Gasteiger partial charge in [-0.05, 0) is 36.6 Å². The third-order valence-electron chi connectivity index (χ3n) is 4.03. The van der Waals surface area contributed by atoms with E-state index in [0.717, 1.165) is 25.7 Å². The quantitative estimate of drug-likeness (QED) is 0.858. The van der Waals surface area contributed by atoms with Crippen LogP contribution in [0.4, 0.5) is 0 Å². The molecule has 1 aliphatic heterocycles. The monoisotopic (exact) mass is 310 g/mol. The molecule has 1 aromatic carbocycles. The standard InChI is InChI=1S/C14H18N2O4S/c15-21(18,19)11-5-6-12-9(7-11)8-13(20-12)14(17)16-10-3-1-2-4-10/h5-7,10,13H,1-4,8H2,(H,16,17)(H2,15,18,19). The Morgan fingerprint density at radius 2 is 2.00 bits per heavy atom. The normalized spacial score (nSPS) is 21.9. The second-order valence-electron chi connectivity index (χ2n) is 5.62. The smallest absolute Gasteiger partial charge is 0.261 e. The van der Waals surface area contributed by atoms with Crippen LogP contribution in [0.3, 0.4) is 0 Å². The predicted octanol–water partition coefficient (Wildman–Crippen LogP) is 0.696. The zero-order chi connectivity index (χ0) is 15.0. The van der Waals surface area contributed by atoms with Crippen molar-refractivity contribution in [1.82, 2.24) is 5.32 Å². The van der Waals surface area contributed by atoms with E-state index in [2.05, 4.69) is 5.32 Å². The number of amides is 1. The number of fused-ring (bicyclic) bond motifs is 1. The van der Waals surface area contributed by atoms with Crippen LogP contribution in [-0.4, -0.2) is 26.5 Å². The molecule has 1 amide bonds. The van der Waals surface area contributed by atoms with Gasteiger partial charge in [-0.1, -0.05) is 12.8 Å². The number of carbonyl (C=O) groups is 1. The van der Waals surface area contributed by atoms with E-state index in [-0.39, 0.29) is 16.8 Å². The van der Waals surface area contributed by atoms with Gasteiger partial charge in [-0.15, -0.1) is 0 Å². The first-order valence-corrected chi connectivity index (χ1v) is 8.61. The lowest BCUT2D eigenvalue weighted by Crippen LogP contribution is -2.42. The average molecular weight is 310 g/mol.